The number of fused-ring (bicyclic) bond motifs is 3. The lowest BCUT2D eigenvalue weighted by Gasteiger charge is -2.08. The zero-order chi connectivity index (χ0) is 23.8. The lowest BCUT2D eigenvalue weighted by Crippen LogP contribution is -2.21. The van der Waals surface area contributed by atoms with Crippen LogP contribution in [0.3, 0.4) is 0 Å². The molecule has 0 aliphatic heterocycles. The zero-order valence-corrected chi connectivity index (χ0v) is 19.9. The van der Waals surface area contributed by atoms with Gasteiger partial charge in [0.25, 0.3) is 0 Å². The molecule has 0 unspecified atom stereocenters. The fourth-order valence-corrected chi connectivity index (χ4v) is 4.83. The number of oxazole rings is 1. The summed E-state index contributed by atoms with van der Waals surface area (Å²) in [6.45, 7) is 4.09. The van der Waals surface area contributed by atoms with Crippen LogP contribution >= 0.6 is 0 Å². The van der Waals surface area contributed by atoms with E-state index in [2.05, 4.69) is 115 Å². The van der Waals surface area contributed by atoms with E-state index in [1.54, 1.807) is 0 Å². The second-order valence-electron chi connectivity index (χ2n) is 8.67. The maximum atomic E-state index is 6.00. The third-order valence-corrected chi connectivity index (χ3v) is 6.49. The maximum absolute atomic E-state index is 6.00. The van der Waals surface area contributed by atoms with Crippen LogP contribution in [0.4, 0.5) is 0 Å². The number of para-hydroxylation sites is 2. The second kappa shape index (κ2) is 8.77. The van der Waals surface area contributed by atoms with E-state index < -0.39 is 0 Å². The predicted molar refractivity (Wildman–Crippen MR) is 146 cm³/mol. The molecule has 170 valence electrons. The smallest absolute Gasteiger partial charge is 0.227 e. The van der Waals surface area contributed by atoms with Crippen molar-refractivity contribution in [2.45, 2.75) is 20.3 Å². The van der Waals surface area contributed by atoms with E-state index in [0.717, 1.165) is 22.7 Å². The third kappa shape index (κ3) is 3.66. The van der Waals surface area contributed by atoms with Gasteiger partial charge in [-0.15, -0.1) is 0 Å². The molecule has 0 atom stereocenters. The van der Waals surface area contributed by atoms with Gasteiger partial charge in [0, 0.05) is 22.0 Å². The first-order valence-corrected chi connectivity index (χ1v) is 12.1. The van der Waals surface area contributed by atoms with Gasteiger partial charge in [-0.2, -0.15) is 0 Å². The first-order chi connectivity index (χ1) is 17.3. The molecule has 0 aliphatic carbocycles. The van der Waals surface area contributed by atoms with Gasteiger partial charge in [-0.1, -0.05) is 67.6 Å². The molecule has 0 amide bonds. The number of hydrogen-bond acceptors (Lipinski definition) is 2. The Morgan fingerprint density at radius 2 is 1.43 bits per heavy atom. The number of benzene rings is 4. The van der Waals surface area contributed by atoms with Gasteiger partial charge in [-0.05, 0) is 73.0 Å². The van der Waals surface area contributed by atoms with Crippen molar-refractivity contribution >= 4 is 34.0 Å². The van der Waals surface area contributed by atoms with Gasteiger partial charge in [0.1, 0.15) is 5.35 Å². The highest BCUT2D eigenvalue weighted by molar-refractivity contribution is 6.10. The monoisotopic (exact) mass is 454 g/mol. The Morgan fingerprint density at radius 3 is 2.20 bits per heavy atom. The first kappa shape index (κ1) is 21.2. The Labute approximate surface area is 204 Å². The molecule has 4 aromatic carbocycles. The van der Waals surface area contributed by atoms with Crippen LogP contribution in [0.1, 0.15) is 20.3 Å². The molecule has 0 saturated carbocycles. The molecule has 35 heavy (non-hydrogen) atoms. The Morgan fingerprint density at radius 1 is 0.743 bits per heavy atom. The molecule has 6 aromatic rings. The van der Waals surface area contributed by atoms with Crippen molar-refractivity contribution in [3.63, 3.8) is 0 Å². The molecule has 6 rings (SSSR count). The topological polar surface area (TPSA) is 31.0 Å². The Bertz CT molecular complexity index is 1770. The normalized spacial score (nSPS) is 12.7. The van der Waals surface area contributed by atoms with Crippen LogP contribution in [0.5, 0.6) is 0 Å². The standard InChI is InChI=1S/C32H26N2O/c1-3-10-28-31(4-2)35-32(33-28)23-17-15-22(16-18-23)24-19-20-30-27(21-24)26-13-8-9-14-29(26)34(30)25-11-6-5-7-12-25/h4-21H,3H2,1-2H3. The molecule has 0 N–H and O–H groups in total. The van der Waals surface area contributed by atoms with Crippen LogP contribution in [0.25, 0.3) is 62.2 Å². The quantitative estimate of drug-likeness (QED) is 0.284. The van der Waals surface area contributed by atoms with E-state index in [1.807, 2.05) is 13.0 Å². The van der Waals surface area contributed by atoms with Gasteiger partial charge in [0.05, 0.1) is 11.0 Å². The Hall–Kier alpha value is -4.37. The van der Waals surface area contributed by atoms with Crippen LogP contribution in [-0.4, -0.2) is 9.55 Å². The molecule has 0 saturated heterocycles. The van der Waals surface area contributed by atoms with Crippen molar-refractivity contribution in [3.8, 4) is 28.3 Å². The van der Waals surface area contributed by atoms with Gasteiger partial charge in [-0.3, -0.25) is 0 Å². The van der Waals surface area contributed by atoms with Crippen LogP contribution in [0.2, 0.25) is 0 Å². The molecular weight excluding hydrogens is 428 g/mol. The molecule has 0 radical (unpaired) electrons. The highest BCUT2D eigenvalue weighted by atomic mass is 16.3. The third-order valence-electron chi connectivity index (χ3n) is 6.49. The van der Waals surface area contributed by atoms with Gasteiger partial charge in [0.2, 0.25) is 5.89 Å². The molecule has 2 aromatic heterocycles. The SMILES string of the molecule is CC=c1oc(-c2ccc(-c3ccc4c(c3)c3ccccc3n4-c3ccccc3)cc2)nc1=CCC. The summed E-state index contributed by atoms with van der Waals surface area (Å²) in [6, 6.07) is 34.4. The van der Waals surface area contributed by atoms with Gasteiger partial charge in [0.15, 0.2) is 5.42 Å². The van der Waals surface area contributed by atoms with E-state index in [0.29, 0.717) is 5.89 Å². The number of rotatable bonds is 4. The average molecular weight is 455 g/mol. The second-order valence-corrected chi connectivity index (χ2v) is 8.67. The minimum absolute atomic E-state index is 0.658. The Balaban J connectivity index is 1.45. The summed E-state index contributed by atoms with van der Waals surface area (Å²) in [6.07, 6.45) is 4.99. The summed E-state index contributed by atoms with van der Waals surface area (Å²) in [5.74, 6) is 0.658. The molecule has 3 heteroatoms. The van der Waals surface area contributed by atoms with Gasteiger partial charge in [-0.25, -0.2) is 4.98 Å². The minimum atomic E-state index is 0.658. The van der Waals surface area contributed by atoms with Gasteiger partial charge >= 0.3 is 0 Å². The summed E-state index contributed by atoms with van der Waals surface area (Å²) in [5, 5.41) is 3.42. The molecular formula is C32H26N2O. The molecule has 3 nitrogen and oxygen atoms in total. The molecule has 0 aliphatic rings. The number of aromatic nitrogens is 2. The summed E-state index contributed by atoms with van der Waals surface area (Å²) in [5.41, 5.74) is 7.76. The van der Waals surface area contributed by atoms with Crippen molar-refractivity contribution in [2.75, 3.05) is 0 Å². The predicted octanol–water partition coefficient (Wildman–Crippen LogP) is 7.10. The number of nitrogens with zero attached hydrogens (tertiary/aromatic N) is 2. The van der Waals surface area contributed by atoms with Crippen molar-refractivity contribution in [1.82, 2.24) is 9.55 Å². The van der Waals surface area contributed by atoms with Crippen molar-refractivity contribution in [1.29, 1.82) is 0 Å². The van der Waals surface area contributed by atoms with E-state index >= 15 is 0 Å². The summed E-state index contributed by atoms with van der Waals surface area (Å²) in [7, 11) is 0. The number of hydrogen-bond donors (Lipinski definition) is 0. The van der Waals surface area contributed by atoms with Crippen LogP contribution in [-0.2, 0) is 0 Å². The first-order valence-electron chi connectivity index (χ1n) is 12.1. The molecule has 0 fully saturated rings. The van der Waals surface area contributed by atoms with E-state index in [1.165, 1.54) is 38.6 Å². The van der Waals surface area contributed by atoms with Gasteiger partial charge < -0.3 is 8.98 Å². The van der Waals surface area contributed by atoms with E-state index in [-0.39, 0.29) is 0 Å². The fraction of sp³-hybridized carbons (Fsp3) is 0.0938. The van der Waals surface area contributed by atoms with Crippen LogP contribution in [0, 0.1) is 0 Å². The van der Waals surface area contributed by atoms with Crippen molar-refractivity contribution in [3.05, 3.63) is 108 Å². The largest absolute Gasteiger partial charge is 0.436 e. The highest BCUT2D eigenvalue weighted by Crippen LogP contribution is 2.35. The summed E-state index contributed by atoms with van der Waals surface area (Å²) in [4.78, 5) is 4.69. The molecule has 0 spiro atoms. The fourth-order valence-electron chi connectivity index (χ4n) is 4.83. The summed E-state index contributed by atoms with van der Waals surface area (Å²) < 4.78 is 8.34. The lowest BCUT2D eigenvalue weighted by atomic mass is 10.0. The minimum Gasteiger partial charge on any atom is -0.436 e. The van der Waals surface area contributed by atoms with Crippen molar-refractivity contribution < 1.29 is 4.42 Å². The molecule has 0 bridgehead atoms. The summed E-state index contributed by atoms with van der Waals surface area (Å²) >= 11 is 0. The van der Waals surface area contributed by atoms with Crippen molar-refractivity contribution in [2.24, 2.45) is 0 Å². The lowest BCUT2D eigenvalue weighted by molar-refractivity contribution is 0.540. The van der Waals surface area contributed by atoms with E-state index in [4.69, 9.17) is 9.40 Å². The maximum Gasteiger partial charge on any atom is 0.227 e. The van der Waals surface area contributed by atoms with Crippen LogP contribution < -0.4 is 10.8 Å². The van der Waals surface area contributed by atoms with E-state index in [9.17, 15) is 0 Å². The Kier molecular flexibility index (Phi) is 5.31. The van der Waals surface area contributed by atoms with Crippen LogP contribution in [0.15, 0.2) is 101 Å². The highest BCUT2D eigenvalue weighted by Gasteiger charge is 2.13. The molecule has 2 heterocycles. The zero-order valence-electron chi connectivity index (χ0n) is 19.9. The average Bonchev–Trinajstić information content (AvgIpc) is 3.48.